The summed E-state index contributed by atoms with van der Waals surface area (Å²) in [5.74, 6) is -1.40. The largest absolute Gasteiger partial charge is 0.477 e. The number of rotatable bonds is 5. The standard InChI is InChI=1S/C20H16N2O4S/c1-12-6-8-13(9-7-12)19(23)22(2)16-11-17(27-18(16)20(24)25)14-4-3-5-15(10-14)21-26/h3-11H,1-2H3,(H,24,25)/p+1. The van der Waals surface area contributed by atoms with E-state index >= 15 is 0 Å². The molecule has 0 radical (unpaired) electrons. The van der Waals surface area contributed by atoms with E-state index in [0.717, 1.165) is 16.9 Å². The molecule has 6 nitrogen and oxygen atoms in total. The van der Waals surface area contributed by atoms with Crippen LogP contribution in [0.25, 0.3) is 10.4 Å². The molecule has 0 aliphatic heterocycles. The van der Waals surface area contributed by atoms with Crippen LogP contribution in [0.15, 0.2) is 54.6 Å². The highest BCUT2D eigenvalue weighted by Crippen LogP contribution is 2.37. The number of amides is 1. The molecule has 2 N–H and O–H groups in total. The van der Waals surface area contributed by atoms with E-state index in [4.69, 9.17) is 0 Å². The number of carbonyl (C=O) groups is 2. The summed E-state index contributed by atoms with van der Waals surface area (Å²) in [4.78, 5) is 37.4. The number of benzene rings is 2. The maximum Gasteiger partial charge on any atom is 0.348 e. The molecule has 136 valence electrons. The van der Waals surface area contributed by atoms with Crippen molar-refractivity contribution < 1.29 is 19.9 Å². The summed E-state index contributed by atoms with van der Waals surface area (Å²) >= 11 is 1.06. The second-order valence-electron chi connectivity index (χ2n) is 6.04. The normalized spacial score (nSPS) is 10.4. The molecule has 0 aliphatic rings. The number of hydrogen-bond donors (Lipinski definition) is 2. The summed E-state index contributed by atoms with van der Waals surface area (Å²) in [7, 11) is 1.55. The maximum atomic E-state index is 12.8. The smallest absolute Gasteiger partial charge is 0.348 e. The summed E-state index contributed by atoms with van der Waals surface area (Å²) in [5.41, 5.74) is 2.90. The van der Waals surface area contributed by atoms with Crippen LogP contribution in [0.5, 0.6) is 0 Å². The first kappa shape index (κ1) is 18.5. The van der Waals surface area contributed by atoms with Crippen LogP contribution in [0.3, 0.4) is 0 Å². The number of nitrogens with one attached hydrogen (secondary N) is 1. The van der Waals surface area contributed by atoms with Crippen LogP contribution in [-0.2, 0) is 0 Å². The molecule has 0 aliphatic carbocycles. The fourth-order valence-corrected chi connectivity index (χ4v) is 3.68. The Bertz CT molecular complexity index is 1020. The molecule has 1 heterocycles. The lowest BCUT2D eigenvalue weighted by atomic mass is 10.1. The molecule has 0 unspecified atom stereocenters. The molecule has 3 rings (SSSR count). The van der Waals surface area contributed by atoms with Gasteiger partial charge in [-0.05, 0) is 30.7 Å². The van der Waals surface area contributed by atoms with Crippen molar-refractivity contribution in [3.05, 3.63) is 75.5 Å². The lowest BCUT2D eigenvalue weighted by Crippen LogP contribution is -2.55. The molecule has 0 fully saturated rings. The number of thiophene rings is 1. The summed E-state index contributed by atoms with van der Waals surface area (Å²) in [6.45, 7) is 1.93. The molecule has 2 aromatic carbocycles. The van der Waals surface area contributed by atoms with Crippen molar-refractivity contribution in [2.24, 2.45) is 0 Å². The van der Waals surface area contributed by atoms with E-state index in [-0.39, 0.29) is 10.8 Å². The summed E-state index contributed by atoms with van der Waals surface area (Å²) < 4.78 is 0. The van der Waals surface area contributed by atoms with E-state index in [2.05, 4.69) is 0 Å². The molecule has 0 saturated heterocycles. The monoisotopic (exact) mass is 381 g/mol. The zero-order valence-corrected chi connectivity index (χ0v) is 15.5. The van der Waals surface area contributed by atoms with E-state index in [1.165, 1.54) is 4.90 Å². The first-order chi connectivity index (χ1) is 12.9. The van der Waals surface area contributed by atoms with E-state index in [0.29, 0.717) is 27.4 Å². The van der Waals surface area contributed by atoms with Gasteiger partial charge in [-0.15, -0.1) is 11.3 Å². The predicted octanol–water partition coefficient (Wildman–Crippen LogP) is 3.18. The third kappa shape index (κ3) is 3.78. The molecule has 0 atom stereocenters. The average molecular weight is 381 g/mol. The minimum absolute atomic E-state index is 0.0634. The Labute approximate surface area is 159 Å². The number of carboxylic acids is 1. The minimum atomic E-state index is -1.11. The number of aromatic carboxylic acids is 1. The molecule has 3 aromatic rings. The first-order valence-electron chi connectivity index (χ1n) is 8.11. The lowest BCUT2D eigenvalue weighted by molar-refractivity contribution is -0.379. The van der Waals surface area contributed by atoms with Crippen molar-refractivity contribution in [2.45, 2.75) is 6.92 Å². The van der Waals surface area contributed by atoms with Crippen LogP contribution < -0.4 is 10.1 Å². The Hall–Kier alpha value is -3.32. The van der Waals surface area contributed by atoms with E-state index in [1.54, 1.807) is 49.5 Å². The van der Waals surface area contributed by atoms with Crippen LogP contribution in [0, 0.1) is 11.8 Å². The molecule has 27 heavy (non-hydrogen) atoms. The number of hydrogen-bond acceptors (Lipinski definition) is 4. The maximum absolute atomic E-state index is 12.8. The van der Waals surface area contributed by atoms with E-state index in [9.17, 15) is 19.6 Å². The van der Waals surface area contributed by atoms with E-state index in [1.807, 2.05) is 24.2 Å². The van der Waals surface area contributed by atoms with Crippen LogP contribution >= 0.6 is 11.3 Å². The molecule has 0 saturated carbocycles. The number of carbonyl (C=O) groups excluding carboxylic acids is 1. The van der Waals surface area contributed by atoms with Crippen LogP contribution in [-0.4, -0.2) is 24.0 Å². The van der Waals surface area contributed by atoms with Gasteiger partial charge in [0.15, 0.2) is 0 Å². The number of nitrogens with zero attached hydrogens (tertiary/aromatic N) is 1. The summed E-state index contributed by atoms with van der Waals surface area (Å²) in [5, 5.41) is 11.4. The van der Waals surface area contributed by atoms with Gasteiger partial charge in [0, 0.05) is 39.7 Å². The summed E-state index contributed by atoms with van der Waals surface area (Å²) in [6, 6.07) is 15.5. The van der Waals surface area contributed by atoms with Gasteiger partial charge in [-0.25, -0.2) is 4.79 Å². The second-order valence-corrected chi connectivity index (χ2v) is 7.10. The molecular weight excluding hydrogens is 364 g/mol. The van der Waals surface area contributed by atoms with Crippen molar-refractivity contribution >= 4 is 34.6 Å². The van der Waals surface area contributed by atoms with Gasteiger partial charge in [0.1, 0.15) is 4.88 Å². The van der Waals surface area contributed by atoms with Crippen molar-refractivity contribution in [3.8, 4) is 10.4 Å². The average Bonchev–Trinajstić information content (AvgIpc) is 3.13. The molecule has 0 spiro atoms. The number of carboxylic acid groups (broad SMARTS) is 1. The van der Waals surface area contributed by atoms with Crippen molar-refractivity contribution in [2.75, 3.05) is 11.9 Å². The molecular formula is C20H17N2O4S+. The van der Waals surface area contributed by atoms with Crippen molar-refractivity contribution in [1.82, 2.24) is 0 Å². The van der Waals surface area contributed by atoms with Crippen molar-refractivity contribution in [1.29, 1.82) is 0 Å². The van der Waals surface area contributed by atoms with E-state index < -0.39 is 5.97 Å². The number of aryl methyl sites for hydroxylation is 1. The van der Waals surface area contributed by atoms with Crippen LogP contribution in [0.2, 0.25) is 0 Å². The molecule has 1 aromatic heterocycles. The Morgan fingerprint density at radius 1 is 1.07 bits per heavy atom. The second kappa shape index (κ2) is 7.51. The van der Waals surface area contributed by atoms with Gasteiger partial charge in [0.05, 0.1) is 5.69 Å². The summed E-state index contributed by atoms with van der Waals surface area (Å²) in [6.07, 6.45) is 0. The molecule has 1 amide bonds. The van der Waals surface area contributed by atoms with Crippen LogP contribution in [0.1, 0.15) is 25.6 Å². The predicted molar refractivity (Wildman–Crippen MR) is 105 cm³/mol. The zero-order valence-electron chi connectivity index (χ0n) is 14.7. The van der Waals surface area contributed by atoms with Gasteiger partial charge in [-0.1, -0.05) is 29.8 Å². The highest BCUT2D eigenvalue weighted by Gasteiger charge is 2.23. The SMILES string of the molecule is Cc1ccc(C(=O)N(C)c2cc(-c3cccc([NH+]=O)c3)sc2C(=O)O)cc1. The van der Waals surface area contributed by atoms with Gasteiger partial charge in [-0.2, -0.15) is 0 Å². The Kier molecular flexibility index (Phi) is 5.14. The van der Waals surface area contributed by atoms with Crippen molar-refractivity contribution in [3.63, 3.8) is 0 Å². The third-order valence-corrected chi connectivity index (χ3v) is 5.30. The lowest BCUT2D eigenvalue weighted by Gasteiger charge is -2.17. The molecule has 7 heteroatoms. The molecule has 0 bridgehead atoms. The van der Waals surface area contributed by atoms with Gasteiger partial charge >= 0.3 is 5.97 Å². The van der Waals surface area contributed by atoms with Gasteiger partial charge in [-0.3, -0.25) is 4.79 Å². The van der Waals surface area contributed by atoms with Gasteiger partial charge in [0.25, 0.3) is 11.6 Å². The first-order valence-corrected chi connectivity index (χ1v) is 8.93. The quantitative estimate of drug-likeness (QED) is 0.710. The highest BCUT2D eigenvalue weighted by atomic mass is 32.1. The van der Waals surface area contributed by atoms with Crippen LogP contribution in [0.4, 0.5) is 11.4 Å². The Morgan fingerprint density at radius 3 is 2.41 bits per heavy atom. The Morgan fingerprint density at radius 2 is 1.78 bits per heavy atom. The third-order valence-electron chi connectivity index (χ3n) is 4.14. The van der Waals surface area contributed by atoms with Gasteiger partial charge in [0.2, 0.25) is 0 Å². The highest BCUT2D eigenvalue weighted by molar-refractivity contribution is 7.18. The topological polar surface area (TPSA) is 88.7 Å². The number of nitroso groups, excluding NO2 is 1. The zero-order chi connectivity index (χ0) is 19.6. The fourth-order valence-electron chi connectivity index (χ4n) is 2.66. The van der Waals surface area contributed by atoms with Gasteiger partial charge < -0.3 is 10.0 Å². The fraction of sp³-hybridized carbons (Fsp3) is 0.100. The minimum Gasteiger partial charge on any atom is -0.477 e. The Balaban J connectivity index is 2.02. The number of anilines is 1.